The van der Waals surface area contributed by atoms with E-state index in [9.17, 15) is 9.18 Å². The first-order chi connectivity index (χ1) is 10.6. The lowest BCUT2D eigenvalue weighted by Crippen LogP contribution is -2.28. The van der Waals surface area contributed by atoms with Crippen LogP contribution in [0.15, 0.2) is 48.5 Å². The number of nitrogens with one attached hydrogen (secondary N) is 1. The summed E-state index contributed by atoms with van der Waals surface area (Å²) in [5.74, 6) is 0.0882. The summed E-state index contributed by atoms with van der Waals surface area (Å²) in [7, 11) is 0. The van der Waals surface area contributed by atoms with E-state index < -0.39 is 0 Å². The summed E-state index contributed by atoms with van der Waals surface area (Å²) in [6.45, 7) is 4.06. The van der Waals surface area contributed by atoms with Gasteiger partial charge in [0.05, 0.1) is 6.04 Å². The van der Waals surface area contributed by atoms with Crippen LogP contribution in [-0.4, -0.2) is 5.91 Å². The molecule has 114 valence electrons. The average Bonchev–Trinajstić information content (AvgIpc) is 3.29. The van der Waals surface area contributed by atoms with Crippen molar-refractivity contribution in [2.75, 3.05) is 0 Å². The first-order valence-electron chi connectivity index (χ1n) is 7.67. The van der Waals surface area contributed by atoms with E-state index in [1.54, 1.807) is 12.1 Å². The van der Waals surface area contributed by atoms with Gasteiger partial charge in [0.15, 0.2) is 0 Å². The van der Waals surface area contributed by atoms with Gasteiger partial charge in [-0.2, -0.15) is 0 Å². The number of rotatable bonds is 4. The number of aryl methyl sites for hydroxylation is 1. The van der Waals surface area contributed by atoms with Crippen molar-refractivity contribution < 1.29 is 9.18 Å². The second-order valence-corrected chi connectivity index (χ2v) is 6.09. The van der Waals surface area contributed by atoms with E-state index in [1.165, 1.54) is 17.7 Å². The van der Waals surface area contributed by atoms with Crippen LogP contribution < -0.4 is 5.32 Å². The van der Waals surface area contributed by atoms with E-state index in [0.717, 1.165) is 17.5 Å². The fraction of sp³-hybridized carbons (Fsp3) is 0.316. The number of amides is 1. The van der Waals surface area contributed by atoms with E-state index >= 15 is 0 Å². The smallest absolute Gasteiger partial charge is 0.224 e. The first-order valence-corrected chi connectivity index (χ1v) is 7.67. The number of carbonyl (C=O) groups is 1. The summed E-state index contributed by atoms with van der Waals surface area (Å²) in [6, 6.07) is 14.6. The molecular weight excluding hydrogens is 277 g/mol. The minimum Gasteiger partial charge on any atom is -0.349 e. The molecule has 1 fully saturated rings. The zero-order valence-electron chi connectivity index (χ0n) is 12.8. The molecule has 0 aliphatic heterocycles. The van der Waals surface area contributed by atoms with Gasteiger partial charge < -0.3 is 5.32 Å². The monoisotopic (exact) mass is 297 g/mol. The van der Waals surface area contributed by atoms with Gasteiger partial charge in [0.25, 0.3) is 0 Å². The third-order valence-corrected chi connectivity index (χ3v) is 4.44. The Morgan fingerprint density at radius 2 is 1.86 bits per heavy atom. The highest BCUT2D eigenvalue weighted by molar-refractivity contribution is 5.83. The summed E-state index contributed by atoms with van der Waals surface area (Å²) in [5, 5.41) is 3.10. The maximum Gasteiger partial charge on any atom is 0.224 e. The van der Waals surface area contributed by atoms with Gasteiger partial charge in [0, 0.05) is 5.92 Å². The second-order valence-electron chi connectivity index (χ2n) is 6.09. The lowest BCUT2D eigenvalue weighted by Gasteiger charge is -2.16. The maximum absolute atomic E-state index is 12.9. The molecule has 0 saturated heterocycles. The zero-order valence-corrected chi connectivity index (χ0v) is 12.8. The number of halogens is 1. The predicted molar refractivity (Wildman–Crippen MR) is 85.0 cm³/mol. The Bertz CT molecular complexity index is 680. The Labute approximate surface area is 130 Å². The molecule has 3 atom stereocenters. The van der Waals surface area contributed by atoms with Crippen LogP contribution in [0.3, 0.4) is 0 Å². The van der Waals surface area contributed by atoms with E-state index in [2.05, 4.69) is 18.3 Å². The van der Waals surface area contributed by atoms with Crippen LogP contribution >= 0.6 is 0 Å². The van der Waals surface area contributed by atoms with E-state index in [4.69, 9.17) is 0 Å². The standard InChI is InChI=1S/C19H20FNO/c1-12-5-3-4-6-16(12)13(2)21-19(22)18-11-17(18)14-7-9-15(20)10-8-14/h3-10,13,17-18H,11H2,1-2H3,(H,21,22). The Hall–Kier alpha value is -2.16. The number of hydrogen-bond acceptors (Lipinski definition) is 1. The molecule has 2 nitrogen and oxygen atoms in total. The lowest BCUT2D eigenvalue weighted by molar-refractivity contribution is -0.123. The largest absolute Gasteiger partial charge is 0.349 e. The van der Waals surface area contributed by atoms with Gasteiger partial charge in [-0.1, -0.05) is 36.4 Å². The molecule has 2 aromatic carbocycles. The molecule has 2 aromatic rings. The molecule has 22 heavy (non-hydrogen) atoms. The van der Waals surface area contributed by atoms with Gasteiger partial charge >= 0.3 is 0 Å². The Morgan fingerprint density at radius 1 is 1.18 bits per heavy atom. The summed E-state index contributed by atoms with van der Waals surface area (Å²) >= 11 is 0. The van der Waals surface area contributed by atoms with Gasteiger partial charge in [-0.15, -0.1) is 0 Å². The fourth-order valence-electron chi connectivity index (χ4n) is 3.03. The summed E-state index contributed by atoms with van der Waals surface area (Å²) in [4.78, 5) is 12.4. The molecule has 0 bridgehead atoms. The zero-order chi connectivity index (χ0) is 15.7. The van der Waals surface area contributed by atoms with Crippen molar-refractivity contribution in [3.8, 4) is 0 Å². The quantitative estimate of drug-likeness (QED) is 0.904. The molecule has 3 heteroatoms. The van der Waals surface area contributed by atoms with Gasteiger partial charge in [0.1, 0.15) is 5.82 Å². The molecule has 0 heterocycles. The minimum absolute atomic E-state index is 0.00293. The van der Waals surface area contributed by atoms with Crippen molar-refractivity contribution in [2.24, 2.45) is 5.92 Å². The topological polar surface area (TPSA) is 29.1 Å². The van der Waals surface area contributed by atoms with Gasteiger partial charge in [-0.3, -0.25) is 4.79 Å². The number of benzene rings is 2. The molecule has 0 radical (unpaired) electrons. The molecular formula is C19H20FNO. The van der Waals surface area contributed by atoms with Crippen LogP contribution in [0.2, 0.25) is 0 Å². The van der Waals surface area contributed by atoms with Crippen LogP contribution in [0.1, 0.15) is 42.0 Å². The minimum atomic E-state index is -0.237. The molecule has 1 N–H and O–H groups in total. The van der Waals surface area contributed by atoms with Crippen molar-refractivity contribution in [3.05, 3.63) is 71.0 Å². The maximum atomic E-state index is 12.9. The molecule has 3 unspecified atom stereocenters. The van der Waals surface area contributed by atoms with Crippen LogP contribution in [-0.2, 0) is 4.79 Å². The van der Waals surface area contributed by atoms with Crippen molar-refractivity contribution in [1.29, 1.82) is 0 Å². The highest BCUT2D eigenvalue weighted by Gasteiger charge is 2.44. The van der Waals surface area contributed by atoms with Crippen LogP contribution in [0.5, 0.6) is 0 Å². The molecule has 1 saturated carbocycles. The van der Waals surface area contributed by atoms with Crippen LogP contribution in [0, 0.1) is 18.7 Å². The molecule has 1 amide bonds. The van der Waals surface area contributed by atoms with Gasteiger partial charge in [0.2, 0.25) is 5.91 Å². The summed E-state index contributed by atoms with van der Waals surface area (Å²) in [5.41, 5.74) is 3.38. The van der Waals surface area contributed by atoms with Gasteiger partial charge in [-0.05, 0) is 55.0 Å². The SMILES string of the molecule is Cc1ccccc1C(C)NC(=O)C1CC1c1ccc(F)cc1. The first kappa shape index (κ1) is 14.8. The molecule has 0 spiro atoms. The van der Waals surface area contributed by atoms with Crippen molar-refractivity contribution in [1.82, 2.24) is 5.32 Å². The summed E-state index contributed by atoms with van der Waals surface area (Å²) in [6.07, 6.45) is 0.845. The molecule has 1 aliphatic carbocycles. The third-order valence-electron chi connectivity index (χ3n) is 4.44. The van der Waals surface area contributed by atoms with Gasteiger partial charge in [-0.25, -0.2) is 4.39 Å². The second kappa shape index (κ2) is 5.91. The average molecular weight is 297 g/mol. The van der Waals surface area contributed by atoms with E-state index in [1.807, 2.05) is 25.1 Å². The Morgan fingerprint density at radius 3 is 2.55 bits per heavy atom. The number of hydrogen-bond donors (Lipinski definition) is 1. The lowest BCUT2D eigenvalue weighted by atomic mass is 10.0. The molecule has 3 rings (SSSR count). The van der Waals surface area contributed by atoms with Crippen molar-refractivity contribution in [3.63, 3.8) is 0 Å². The van der Waals surface area contributed by atoms with Crippen molar-refractivity contribution >= 4 is 5.91 Å². The highest BCUT2D eigenvalue weighted by Crippen LogP contribution is 2.47. The van der Waals surface area contributed by atoms with Crippen LogP contribution in [0.25, 0.3) is 0 Å². The Balaban J connectivity index is 1.62. The van der Waals surface area contributed by atoms with Crippen molar-refractivity contribution in [2.45, 2.75) is 32.2 Å². The Kier molecular flexibility index (Phi) is 3.97. The van der Waals surface area contributed by atoms with E-state index in [-0.39, 0.29) is 29.6 Å². The molecule has 0 aromatic heterocycles. The van der Waals surface area contributed by atoms with E-state index in [0.29, 0.717) is 0 Å². The summed E-state index contributed by atoms with van der Waals surface area (Å²) < 4.78 is 12.9. The van der Waals surface area contributed by atoms with Crippen LogP contribution in [0.4, 0.5) is 4.39 Å². The number of carbonyl (C=O) groups excluding carboxylic acids is 1. The fourth-order valence-corrected chi connectivity index (χ4v) is 3.03. The third kappa shape index (κ3) is 3.03. The predicted octanol–water partition coefficient (Wildman–Crippen LogP) is 4.12. The highest BCUT2D eigenvalue weighted by atomic mass is 19.1. The normalized spacial score (nSPS) is 21.2. The molecule has 1 aliphatic rings.